The smallest absolute Gasteiger partial charge is 0.410 e. The molecule has 38 heavy (non-hydrogen) atoms. The van der Waals surface area contributed by atoms with Crippen molar-refractivity contribution in [2.24, 2.45) is 5.73 Å². The Morgan fingerprint density at radius 1 is 1.03 bits per heavy atom. The minimum Gasteiger partial charge on any atom is -0.445 e. The number of fused-ring (bicyclic) bond motifs is 1. The lowest BCUT2D eigenvalue weighted by Crippen LogP contribution is -2.51. The van der Waals surface area contributed by atoms with Crippen molar-refractivity contribution in [2.75, 3.05) is 13.2 Å². The highest BCUT2D eigenvalue weighted by molar-refractivity contribution is 5.85. The SMILES string of the molecule is Cc1ccc(COC(=O)N2CCn3c(nnc3[C@@H](COCc3ccccc3)NC(=O)C(C)(C)N)C2)cc1C. The molecular weight excluding hydrogens is 484 g/mol. The van der Waals surface area contributed by atoms with Crippen LogP contribution in [0.5, 0.6) is 0 Å². The van der Waals surface area contributed by atoms with Crippen molar-refractivity contribution < 1.29 is 19.1 Å². The molecule has 0 spiro atoms. The number of ether oxygens (including phenoxy) is 2. The first-order valence-corrected chi connectivity index (χ1v) is 12.7. The summed E-state index contributed by atoms with van der Waals surface area (Å²) in [6, 6.07) is 15.2. The van der Waals surface area contributed by atoms with Gasteiger partial charge in [-0.15, -0.1) is 10.2 Å². The van der Waals surface area contributed by atoms with Crippen molar-refractivity contribution in [1.82, 2.24) is 25.0 Å². The standard InChI is InChI=1S/C28H36N6O4/c1-19-10-11-22(14-20(19)2)17-38-27(36)33-12-13-34-24(15-33)31-32-25(34)23(30-26(35)28(3,4)29)18-37-16-21-8-6-5-7-9-21/h5-11,14,23H,12-13,15-18,29H2,1-4H3,(H,30,35)/t23-/m1/s1. The van der Waals surface area contributed by atoms with Crippen molar-refractivity contribution in [1.29, 1.82) is 0 Å². The zero-order valence-electron chi connectivity index (χ0n) is 22.4. The molecule has 0 bridgehead atoms. The van der Waals surface area contributed by atoms with E-state index in [1.165, 1.54) is 5.56 Å². The summed E-state index contributed by atoms with van der Waals surface area (Å²) < 4.78 is 13.4. The summed E-state index contributed by atoms with van der Waals surface area (Å²) >= 11 is 0. The number of carbonyl (C=O) groups is 2. The van der Waals surface area contributed by atoms with Crippen LogP contribution in [0.1, 0.15) is 53.8 Å². The molecule has 0 radical (unpaired) electrons. The van der Waals surface area contributed by atoms with Gasteiger partial charge in [0, 0.05) is 13.1 Å². The number of benzene rings is 2. The van der Waals surface area contributed by atoms with Crippen LogP contribution in [0, 0.1) is 13.8 Å². The molecule has 4 rings (SSSR count). The quantitative estimate of drug-likeness (QED) is 0.444. The minimum atomic E-state index is -1.07. The van der Waals surface area contributed by atoms with E-state index in [1.54, 1.807) is 18.7 Å². The number of carbonyl (C=O) groups excluding carboxylic acids is 2. The second kappa shape index (κ2) is 11.7. The van der Waals surface area contributed by atoms with Crippen LogP contribution < -0.4 is 11.1 Å². The molecular formula is C28H36N6O4. The summed E-state index contributed by atoms with van der Waals surface area (Å²) in [5.74, 6) is 0.855. The van der Waals surface area contributed by atoms with Crippen molar-refractivity contribution in [3.63, 3.8) is 0 Å². The molecule has 0 saturated carbocycles. The van der Waals surface area contributed by atoms with Crippen molar-refractivity contribution in [3.8, 4) is 0 Å². The first-order valence-electron chi connectivity index (χ1n) is 12.7. The Bertz CT molecular complexity index is 1270. The van der Waals surface area contributed by atoms with Gasteiger partial charge in [0.25, 0.3) is 0 Å². The van der Waals surface area contributed by atoms with Gasteiger partial charge in [0.05, 0.1) is 25.3 Å². The highest BCUT2D eigenvalue weighted by Crippen LogP contribution is 2.20. The van der Waals surface area contributed by atoms with Crippen LogP contribution >= 0.6 is 0 Å². The van der Waals surface area contributed by atoms with Crippen LogP contribution in [0.3, 0.4) is 0 Å². The van der Waals surface area contributed by atoms with Gasteiger partial charge in [0.1, 0.15) is 12.6 Å². The van der Waals surface area contributed by atoms with Gasteiger partial charge in [0.15, 0.2) is 11.6 Å². The Hall–Kier alpha value is -3.76. The molecule has 1 aliphatic rings. The van der Waals surface area contributed by atoms with Gasteiger partial charge in [-0.05, 0) is 49.9 Å². The van der Waals surface area contributed by atoms with Gasteiger partial charge in [-0.1, -0.05) is 48.5 Å². The molecule has 1 atom stereocenters. The Balaban J connectivity index is 1.42. The summed E-state index contributed by atoms with van der Waals surface area (Å²) in [6.45, 7) is 9.30. The first kappa shape index (κ1) is 27.3. The first-order chi connectivity index (χ1) is 18.1. The Morgan fingerprint density at radius 3 is 2.50 bits per heavy atom. The van der Waals surface area contributed by atoms with Crippen molar-refractivity contribution >= 4 is 12.0 Å². The third kappa shape index (κ3) is 6.76. The van der Waals surface area contributed by atoms with Gasteiger partial charge in [-0.3, -0.25) is 9.69 Å². The lowest BCUT2D eigenvalue weighted by molar-refractivity contribution is -0.126. The molecule has 0 saturated heterocycles. The molecule has 0 fully saturated rings. The normalized spacial score (nSPS) is 14.1. The third-order valence-corrected chi connectivity index (χ3v) is 6.57. The van der Waals surface area contributed by atoms with Crippen LogP contribution in [-0.2, 0) is 40.6 Å². The molecule has 2 amide bonds. The molecule has 2 heterocycles. The van der Waals surface area contributed by atoms with E-state index in [1.807, 2.05) is 66.9 Å². The minimum absolute atomic E-state index is 0.191. The maximum Gasteiger partial charge on any atom is 0.410 e. The Morgan fingerprint density at radius 2 is 1.79 bits per heavy atom. The number of nitrogens with zero attached hydrogens (tertiary/aromatic N) is 4. The molecule has 3 N–H and O–H groups in total. The van der Waals surface area contributed by atoms with Crippen molar-refractivity contribution in [2.45, 2.75) is 65.6 Å². The highest BCUT2D eigenvalue weighted by Gasteiger charge is 2.31. The number of hydrogen-bond acceptors (Lipinski definition) is 7. The molecule has 0 aliphatic carbocycles. The van der Waals surface area contributed by atoms with Gasteiger partial charge >= 0.3 is 6.09 Å². The summed E-state index contributed by atoms with van der Waals surface area (Å²) in [5, 5.41) is 11.6. The average molecular weight is 521 g/mol. The van der Waals surface area contributed by atoms with Gasteiger partial charge in [-0.2, -0.15) is 0 Å². The number of aryl methyl sites for hydroxylation is 2. The van der Waals surface area contributed by atoms with Crippen LogP contribution in [0.15, 0.2) is 48.5 Å². The van der Waals surface area contributed by atoms with Gasteiger partial charge in [0.2, 0.25) is 5.91 Å². The van der Waals surface area contributed by atoms with E-state index in [-0.39, 0.29) is 25.7 Å². The topological polar surface area (TPSA) is 125 Å². The molecule has 3 aromatic rings. The maximum absolute atomic E-state index is 12.8. The largest absolute Gasteiger partial charge is 0.445 e. The number of aromatic nitrogens is 3. The zero-order valence-corrected chi connectivity index (χ0v) is 22.4. The predicted octanol–water partition coefficient (Wildman–Crippen LogP) is 3.16. The predicted molar refractivity (Wildman–Crippen MR) is 142 cm³/mol. The Labute approximate surface area is 223 Å². The molecule has 1 aliphatic heterocycles. The van der Waals surface area contributed by atoms with Gasteiger partial charge in [-0.25, -0.2) is 4.79 Å². The van der Waals surface area contributed by atoms with E-state index in [0.717, 1.165) is 16.7 Å². The summed E-state index contributed by atoms with van der Waals surface area (Å²) in [6.07, 6.45) is -0.403. The molecule has 1 aromatic heterocycles. The number of hydrogen-bond donors (Lipinski definition) is 2. The molecule has 10 heteroatoms. The summed E-state index contributed by atoms with van der Waals surface area (Å²) in [5.41, 5.74) is 9.27. The van der Waals surface area contributed by atoms with Crippen LogP contribution in [0.2, 0.25) is 0 Å². The monoisotopic (exact) mass is 520 g/mol. The summed E-state index contributed by atoms with van der Waals surface area (Å²) in [4.78, 5) is 27.1. The van der Waals surface area contributed by atoms with Crippen molar-refractivity contribution in [3.05, 3.63) is 82.4 Å². The van der Waals surface area contributed by atoms with Gasteiger partial charge < -0.3 is 25.1 Å². The fraction of sp³-hybridized carbons (Fsp3) is 0.429. The molecule has 10 nitrogen and oxygen atoms in total. The van der Waals surface area contributed by atoms with Crippen LogP contribution in [0.4, 0.5) is 4.79 Å². The lowest BCUT2D eigenvalue weighted by Gasteiger charge is -2.29. The van der Waals surface area contributed by atoms with Crippen LogP contribution in [-0.4, -0.2) is 50.4 Å². The Kier molecular flexibility index (Phi) is 8.43. The molecule has 202 valence electrons. The number of nitrogens with two attached hydrogens (primary N) is 1. The average Bonchev–Trinajstić information content (AvgIpc) is 3.32. The summed E-state index contributed by atoms with van der Waals surface area (Å²) in [7, 11) is 0. The second-order valence-corrected chi connectivity index (χ2v) is 10.3. The fourth-order valence-corrected chi connectivity index (χ4v) is 4.12. The molecule has 2 aromatic carbocycles. The lowest BCUT2D eigenvalue weighted by atomic mass is 10.1. The van der Waals surface area contributed by atoms with E-state index >= 15 is 0 Å². The van der Waals surface area contributed by atoms with E-state index < -0.39 is 17.7 Å². The van der Waals surface area contributed by atoms with Crippen LogP contribution in [0.25, 0.3) is 0 Å². The van der Waals surface area contributed by atoms with E-state index in [9.17, 15) is 9.59 Å². The van der Waals surface area contributed by atoms with E-state index in [0.29, 0.717) is 31.3 Å². The van der Waals surface area contributed by atoms with E-state index in [2.05, 4.69) is 15.5 Å². The molecule has 0 unspecified atom stereocenters. The maximum atomic E-state index is 12.8. The number of amides is 2. The number of nitrogens with one attached hydrogen (secondary N) is 1. The second-order valence-electron chi connectivity index (χ2n) is 10.3. The number of rotatable bonds is 9. The fourth-order valence-electron chi connectivity index (χ4n) is 4.12. The highest BCUT2D eigenvalue weighted by atomic mass is 16.6. The third-order valence-electron chi connectivity index (χ3n) is 6.57. The van der Waals surface area contributed by atoms with E-state index in [4.69, 9.17) is 15.2 Å². The zero-order chi connectivity index (χ0) is 27.3.